The minimum atomic E-state index is 0.00839. The first-order valence-corrected chi connectivity index (χ1v) is 7.45. The molecular weight excluding hydrogens is 284 g/mol. The van der Waals surface area contributed by atoms with Crippen LogP contribution < -0.4 is 5.32 Å². The van der Waals surface area contributed by atoms with Crippen LogP contribution in [0.25, 0.3) is 0 Å². The third-order valence-corrected chi connectivity index (χ3v) is 4.35. The molecule has 0 aromatic heterocycles. The summed E-state index contributed by atoms with van der Waals surface area (Å²) >= 11 is 7.47. The van der Waals surface area contributed by atoms with Crippen LogP contribution >= 0.6 is 23.4 Å². The fourth-order valence-corrected chi connectivity index (χ4v) is 2.95. The molecule has 0 radical (unpaired) electrons. The van der Waals surface area contributed by atoms with Gasteiger partial charge in [-0.3, -0.25) is 9.59 Å². The van der Waals surface area contributed by atoms with Crippen LogP contribution in [0.4, 0.5) is 0 Å². The highest BCUT2D eigenvalue weighted by atomic mass is 35.5. The van der Waals surface area contributed by atoms with Gasteiger partial charge in [-0.15, -0.1) is 11.8 Å². The maximum absolute atomic E-state index is 12.1. The number of rotatable bonds is 3. The van der Waals surface area contributed by atoms with E-state index in [0.29, 0.717) is 36.8 Å². The Balaban J connectivity index is 1.87. The Morgan fingerprint density at radius 3 is 2.95 bits per heavy atom. The van der Waals surface area contributed by atoms with Crippen LogP contribution in [0.5, 0.6) is 0 Å². The second-order valence-corrected chi connectivity index (χ2v) is 5.62. The molecule has 0 atom stereocenters. The lowest BCUT2D eigenvalue weighted by molar-refractivity contribution is -0.128. The standard InChI is InChI=1S/C13H15ClN2O2S/c14-10-3-1-2-4-11(10)19-9-13(18)16-7-5-12(17)15-6-8-16/h1-4H,5-9H2,(H,15,17). The van der Waals surface area contributed by atoms with Gasteiger partial charge < -0.3 is 10.2 Å². The van der Waals surface area contributed by atoms with E-state index >= 15 is 0 Å². The average Bonchev–Trinajstić information content (AvgIpc) is 2.62. The molecule has 4 nitrogen and oxygen atoms in total. The van der Waals surface area contributed by atoms with Gasteiger partial charge in [0, 0.05) is 31.0 Å². The van der Waals surface area contributed by atoms with Crippen LogP contribution in [0, 0.1) is 0 Å². The van der Waals surface area contributed by atoms with Gasteiger partial charge in [-0.1, -0.05) is 23.7 Å². The van der Waals surface area contributed by atoms with Crippen molar-refractivity contribution in [3.8, 4) is 0 Å². The second kappa shape index (κ2) is 6.82. The third-order valence-electron chi connectivity index (χ3n) is 2.85. The minimum absolute atomic E-state index is 0.00839. The third kappa shape index (κ3) is 4.14. The molecule has 1 saturated heterocycles. The van der Waals surface area contributed by atoms with E-state index in [2.05, 4.69) is 5.32 Å². The van der Waals surface area contributed by atoms with Crippen molar-refractivity contribution in [1.82, 2.24) is 10.2 Å². The molecule has 1 heterocycles. The molecule has 0 bridgehead atoms. The maximum atomic E-state index is 12.1. The quantitative estimate of drug-likeness (QED) is 0.866. The van der Waals surface area contributed by atoms with Crippen LogP contribution in [0.1, 0.15) is 6.42 Å². The highest BCUT2D eigenvalue weighted by molar-refractivity contribution is 8.00. The summed E-state index contributed by atoms with van der Waals surface area (Å²) in [6.45, 7) is 1.60. The number of carbonyl (C=O) groups is 2. The molecule has 2 amide bonds. The molecule has 2 rings (SSSR count). The average molecular weight is 299 g/mol. The van der Waals surface area contributed by atoms with Crippen LogP contribution in [0.15, 0.2) is 29.2 Å². The number of hydrogen-bond acceptors (Lipinski definition) is 3. The smallest absolute Gasteiger partial charge is 0.233 e. The maximum Gasteiger partial charge on any atom is 0.233 e. The van der Waals surface area contributed by atoms with E-state index in [-0.39, 0.29) is 11.8 Å². The molecule has 1 fully saturated rings. The zero-order valence-electron chi connectivity index (χ0n) is 10.4. The number of nitrogens with zero attached hydrogens (tertiary/aromatic N) is 1. The van der Waals surface area contributed by atoms with Crippen LogP contribution in [-0.2, 0) is 9.59 Å². The Morgan fingerprint density at radius 1 is 1.37 bits per heavy atom. The van der Waals surface area contributed by atoms with Gasteiger partial charge in [-0.25, -0.2) is 0 Å². The molecular formula is C13H15ClN2O2S. The molecule has 19 heavy (non-hydrogen) atoms. The molecule has 0 spiro atoms. The number of carbonyl (C=O) groups excluding carboxylic acids is 2. The van der Waals surface area contributed by atoms with Crippen LogP contribution in [0.3, 0.4) is 0 Å². The van der Waals surface area contributed by atoms with Crippen molar-refractivity contribution in [3.63, 3.8) is 0 Å². The highest BCUT2D eigenvalue weighted by Crippen LogP contribution is 2.26. The Kier molecular flexibility index (Phi) is 5.10. The van der Waals surface area contributed by atoms with E-state index in [1.807, 2.05) is 24.3 Å². The van der Waals surface area contributed by atoms with Crippen molar-refractivity contribution in [2.45, 2.75) is 11.3 Å². The molecule has 1 N–H and O–H groups in total. The summed E-state index contributed by atoms with van der Waals surface area (Å²) in [5.74, 6) is 0.397. The summed E-state index contributed by atoms with van der Waals surface area (Å²) < 4.78 is 0. The number of halogens is 1. The van der Waals surface area contributed by atoms with Crippen LogP contribution in [-0.4, -0.2) is 42.1 Å². The van der Waals surface area contributed by atoms with Crippen molar-refractivity contribution in [2.24, 2.45) is 0 Å². The summed E-state index contributed by atoms with van der Waals surface area (Å²) in [4.78, 5) is 25.9. The summed E-state index contributed by atoms with van der Waals surface area (Å²) in [6, 6.07) is 7.46. The van der Waals surface area contributed by atoms with Gasteiger partial charge in [0.15, 0.2) is 0 Å². The first kappa shape index (κ1) is 14.2. The minimum Gasteiger partial charge on any atom is -0.354 e. The van der Waals surface area contributed by atoms with Gasteiger partial charge in [0.25, 0.3) is 0 Å². The molecule has 0 aliphatic carbocycles. The van der Waals surface area contributed by atoms with Gasteiger partial charge in [-0.05, 0) is 12.1 Å². The lowest BCUT2D eigenvalue weighted by Crippen LogP contribution is -2.35. The van der Waals surface area contributed by atoms with E-state index in [4.69, 9.17) is 11.6 Å². The zero-order chi connectivity index (χ0) is 13.7. The van der Waals surface area contributed by atoms with E-state index in [9.17, 15) is 9.59 Å². The SMILES string of the molecule is O=C1CCN(C(=O)CSc2ccccc2Cl)CCN1. The van der Waals surface area contributed by atoms with E-state index in [0.717, 1.165) is 4.90 Å². The van der Waals surface area contributed by atoms with Crippen molar-refractivity contribution < 1.29 is 9.59 Å². The lowest BCUT2D eigenvalue weighted by Gasteiger charge is -2.19. The fourth-order valence-electron chi connectivity index (χ4n) is 1.81. The second-order valence-electron chi connectivity index (χ2n) is 4.20. The van der Waals surface area contributed by atoms with Crippen molar-refractivity contribution >= 4 is 35.2 Å². The molecule has 1 aliphatic heterocycles. The van der Waals surface area contributed by atoms with E-state index < -0.39 is 0 Å². The molecule has 1 aliphatic rings. The van der Waals surface area contributed by atoms with Crippen molar-refractivity contribution in [1.29, 1.82) is 0 Å². The zero-order valence-corrected chi connectivity index (χ0v) is 12.0. The number of nitrogens with one attached hydrogen (secondary N) is 1. The largest absolute Gasteiger partial charge is 0.354 e. The lowest BCUT2D eigenvalue weighted by atomic mass is 10.4. The van der Waals surface area contributed by atoms with Gasteiger partial charge in [0.1, 0.15) is 0 Å². The summed E-state index contributed by atoms with van der Waals surface area (Å²) in [5.41, 5.74) is 0. The molecule has 0 saturated carbocycles. The van der Waals surface area contributed by atoms with Gasteiger partial charge in [0.05, 0.1) is 10.8 Å². The van der Waals surface area contributed by atoms with Gasteiger partial charge >= 0.3 is 0 Å². The van der Waals surface area contributed by atoms with Gasteiger partial charge in [0.2, 0.25) is 11.8 Å². The highest BCUT2D eigenvalue weighted by Gasteiger charge is 2.18. The van der Waals surface area contributed by atoms with Crippen molar-refractivity contribution in [3.05, 3.63) is 29.3 Å². The van der Waals surface area contributed by atoms with E-state index in [1.54, 1.807) is 4.90 Å². The van der Waals surface area contributed by atoms with Crippen LogP contribution in [0.2, 0.25) is 5.02 Å². The molecule has 6 heteroatoms. The number of amides is 2. The Morgan fingerprint density at radius 2 is 2.16 bits per heavy atom. The van der Waals surface area contributed by atoms with E-state index in [1.165, 1.54) is 11.8 Å². The monoisotopic (exact) mass is 298 g/mol. The number of benzene rings is 1. The predicted octanol–water partition coefficient (Wildman–Crippen LogP) is 1.78. The normalized spacial score (nSPS) is 15.8. The Labute approximate surface area is 121 Å². The molecule has 1 aromatic carbocycles. The predicted molar refractivity (Wildman–Crippen MR) is 76.4 cm³/mol. The Hall–Kier alpha value is -1.20. The van der Waals surface area contributed by atoms with Gasteiger partial charge in [-0.2, -0.15) is 0 Å². The van der Waals surface area contributed by atoms with Crippen molar-refractivity contribution in [2.75, 3.05) is 25.4 Å². The molecule has 0 unspecified atom stereocenters. The first-order valence-electron chi connectivity index (χ1n) is 6.08. The fraction of sp³-hybridized carbons (Fsp3) is 0.385. The molecule has 1 aromatic rings. The first-order chi connectivity index (χ1) is 9.16. The molecule has 102 valence electrons. The topological polar surface area (TPSA) is 49.4 Å². The Bertz CT molecular complexity index is 481. The number of thioether (sulfide) groups is 1. The summed E-state index contributed by atoms with van der Waals surface area (Å²) in [5, 5.41) is 3.41. The summed E-state index contributed by atoms with van der Waals surface area (Å²) in [7, 11) is 0. The summed E-state index contributed by atoms with van der Waals surface area (Å²) in [6.07, 6.45) is 0.377. The number of hydrogen-bond donors (Lipinski definition) is 1.